The third-order valence-electron chi connectivity index (χ3n) is 3.63. The molecule has 96 valence electrons. The van der Waals surface area contributed by atoms with Gasteiger partial charge >= 0.3 is 0 Å². The summed E-state index contributed by atoms with van der Waals surface area (Å²) in [6.07, 6.45) is 4.15. The number of likely N-dealkylation sites (tertiary alicyclic amines) is 1. The van der Waals surface area contributed by atoms with Gasteiger partial charge in [0.1, 0.15) is 0 Å². The van der Waals surface area contributed by atoms with Crippen LogP contribution in [0.15, 0.2) is 12.1 Å². The first-order chi connectivity index (χ1) is 8.31. The highest BCUT2D eigenvalue weighted by molar-refractivity contribution is 7.11. The molecule has 1 saturated heterocycles. The largest absolute Gasteiger partial charge is 0.315 e. The van der Waals surface area contributed by atoms with Crippen LogP contribution in [-0.2, 0) is 13.1 Å². The van der Waals surface area contributed by atoms with Gasteiger partial charge < -0.3 is 5.32 Å². The molecule has 3 heteroatoms. The quantitative estimate of drug-likeness (QED) is 0.866. The summed E-state index contributed by atoms with van der Waals surface area (Å²) in [6.45, 7) is 7.07. The molecule has 1 aliphatic heterocycles. The lowest BCUT2D eigenvalue weighted by molar-refractivity contribution is 0.166. The van der Waals surface area contributed by atoms with E-state index in [0.717, 1.165) is 19.0 Å². The summed E-state index contributed by atoms with van der Waals surface area (Å²) in [5.41, 5.74) is 0. The first-order valence-corrected chi connectivity index (χ1v) is 7.58. The molecule has 2 rings (SSSR count). The van der Waals surface area contributed by atoms with Crippen LogP contribution in [0, 0.1) is 5.92 Å². The van der Waals surface area contributed by atoms with Crippen LogP contribution in [0.1, 0.15) is 35.9 Å². The van der Waals surface area contributed by atoms with E-state index in [1.165, 1.54) is 42.1 Å². The molecule has 0 radical (unpaired) electrons. The molecule has 1 fully saturated rings. The lowest BCUT2D eigenvalue weighted by Crippen LogP contribution is -2.34. The van der Waals surface area contributed by atoms with Crippen LogP contribution in [0.2, 0.25) is 0 Å². The molecule has 17 heavy (non-hydrogen) atoms. The number of rotatable bonds is 5. The van der Waals surface area contributed by atoms with Crippen molar-refractivity contribution in [3.05, 3.63) is 21.9 Å². The average Bonchev–Trinajstić information content (AvgIpc) is 2.77. The molecule has 1 aromatic rings. The minimum Gasteiger partial charge on any atom is -0.315 e. The molecule has 0 saturated carbocycles. The van der Waals surface area contributed by atoms with Gasteiger partial charge in [0.05, 0.1) is 0 Å². The van der Waals surface area contributed by atoms with E-state index >= 15 is 0 Å². The van der Waals surface area contributed by atoms with Gasteiger partial charge in [0.15, 0.2) is 0 Å². The highest BCUT2D eigenvalue weighted by Gasteiger charge is 2.18. The highest BCUT2D eigenvalue weighted by Crippen LogP contribution is 2.23. The molecule has 2 nitrogen and oxygen atoms in total. The van der Waals surface area contributed by atoms with Gasteiger partial charge in [0.25, 0.3) is 0 Å². The van der Waals surface area contributed by atoms with E-state index in [1.807, 2.05) is 18.4 Å². The molecule has 2 heterocycles. The number of piperidine rings is 1. The van der Waals surface area contributed by atoms with Crippen LogP contribution in [-0.4, -0.2) is 25.0 Å². The Kier molecular flexibility index (Phi) is 5.01. The Balaban J connectivity index is 1.86. The molecular formula is C14H24N2S. The zero-order valence-corrected chi connectivity index (χ0v) is 11.9. The van der Waals surface area contributed by atoms with Crippen molar-refractivity contribution in [1.82, 2.24) is 10.2 Å². The Morgan fingerprint density at radius 3 is 3.00 bits per heavy atom. The van der Waals surface area contributed by atoms with Crippen molar-refractivity contribution in [2.45, 2.75) is 39.3 Å². The number of nitrogens with one attached hydrogen (secondary N) is 1. The lowest BCUT2D eigenvalue weighted by atomic mass is 9.96. The Morgan fingerprint density at radius 1 is 1.41 bits per heavy atom. The van der Waals surface area contributed by atoms with E-state index in [0.29, 0.717) is 0 Å². The SMILES string of the molecule is CCC1CCCN(Cc2ccc(CNC)s2)C1. The first-order valence-electron chi connectivity index (χ1n) is 6.76. The minimum atomic E-state index is 0.931. The number of nitrogens with zero attached hydrogens (tertiary/aromatic N) is 1. The van der Waals surface area contributed by atoms with Crippen LogP contribution in [0.5, 0.6) is 0 Å². The molecule has 0 aromatic carbocycles. The maximum atomic E-state index is 3.21. The fourth-order valence-electron chi connectivity index (χ4n) is 2.63. The Bertz CT molecular complexity index is 335. The number of hydrogen-bond donors (Lipinski definition) is 1. The summed E-state index contributed by atoms with van der Waals surface area (Å²) >= 11 is 1.96. The van der Waals surface area contributed by atoms with Gasteiger partial charge in [-0.25, -0.2) is 0 Å². The smallest absolute Gasteiger partial charge is 0.0328 e. The molecule has 0 aliphatic carbocycles. The van der Waals surface area contributed by atoms with Gasteiger partial charge in [-0.3, -0.25) is 4.90 Å². The summed E-state index contributed by atoms with van der Waals surface area (Å²) in [7, 11) is 2.01. The summed E-state index contributed by atoms with van der Waals surface area (Å²) in [6, 6.07) is 4.56. The normalized spacial score (nSPS) is 21.9. The summed E-state index contributed by atoms with van der Waals surface area (Å²) in [4.78, 5) is 5.60. The Morgan fingerprint density at radius 2 is 2.24 bits per heavy atom. The summed E-state index contributed by atoms with van der Waals surface area (Å²) in [5, 5.41) is 3.21. The molecular weight excluding hydrogens is 228 g/mol. The van der Waals surface area contributed by atoms with E-state index in [4.69, 9.17) is 0 Å². The Labute approximate surface area is 109 Å². The van der Waals surface area contributed by atoms with Crippen LogP contribution < -0.4 is 5.32 Å². The predicted molar refractivity (Wildman–Crippen MR) is 75.4 cm³/mol. The summed E-state index contributed by atoms with van der Waals surface area (Å²) in [5.74, 6) is 0.931. The second-order valence-electron chi connectivity index (χ2n) is 5.05. The molecule has 0 amide bonds. The predicted octanol–water partition coefficient (Wildman–Crippen LogP) is 3.09. The minimum absolute atomic E-state index is 0.931. The van der Waals surface area contributed by atoms with Crippen LogP contribution in [0.3, 0.4) is 0 Å². The topological polar surface area (TPSA) is 15.3 Å². The van der Waals surface area contributed by atoms with Crippen LogP contribution in [0.25, 0.3) is 0 Å². The van der Waals surface area contributed by atoms with E-state index in [-0.39, 0.29) is 0 Å². The monoisotopic (exact) mass is 252 g/mol. The van der Waals surface area contributed by atoms with Crippen molar-refractivity contribution in [1.29, 1.82) is 0 Å². The van der Waals surface area contributed by atoms with E-state index in [1.54, 1.807) is 0 Å². The maximum absolute atomic E-state index is 3.21. The van der Waals surface area contributed by atoms with Crippen LogP contribution >= 0.6 is 11.3 Å². The van der Waals surface area contributed by atoms with Gasteiger partial charge in [0, 0.05) is 29.4 Å². The molecule has 1 aliphatic rings. The zero-order valence-electron chi connectivity index (χ0n) is 11.0. The molecule has 1 N–H and O–H groups in total. The molecule has 1 atom stereocenters. The Hall–Kier alpha value is -0.380. The van der Waals surface area contributed by atoms with Crippen molar-refractivity contribution < 1.29 is 0 Å². The third-order valence-corrected chi connectivity index (χ3v) is 4.70. The van der Waals surface area contributed by atoms with Gasteiger partial charge in [-0.2, -0.15) is 0 Å². The molecule has 0 spiro atoms. The molecule has 0 bridgehead atoms. The first kappa shape index (κ1) is 13.1. The van der Waals surface area contributed by atoms with E-state index < -0.39 is 0 Å². The second kappa shape index (κ2) is 6.53. The molecule has 1 aromatic heterocycles. The summed E-state index contributed by atoms with van der Waals surface area (Å²) < 4.78 is 0. The lowest BCUT2D eigenvalue weighted by Gasteiger charge is -2.31. The number of thiophene rings is 1. The standard InChI is InChI=1S/C14H24N2S/c1-3-12-5-4-8-16(10-12)11-14-7-6-13(17-14)9-15-2/h6-7,12,15H,3-5,8-11H2,1-2H3. The van der Waals surface area contributed by atoms with Crippen molar-refractivity contribution in [3.63, 3.8) is 0 Å². The van der Waals surface area contributed by atoms with Gasteiger partial charge in [-0.05, 0) is 44.5 Å². The average molecular weight is 252 g/mol. The third kappa shape index (κ3) is 3.80. The van der Waals surface area contributed by atoms with E-state index in [9.17, 15) is 0 Å². The van der Waals surface area contributed by atoms with Crippen molar-refractivity contribution in [3.8, 4) is 0 Å². The molecule has 1 unspecified atom stereocenters. The maximum Gasteiger partial charge on any atom is 0.0328 e. The van der Waals surface area contributed by atoms with Crippen molar-refractivity contribution >= 4 is 11.3 Å². The van der Waals surface area contributed by atoms with Crippen LogP contribution in [0.4, 0.5) is 0 Å². The highest BCUT2D eigenvalue weighted by atomic mass is 32.1. The number of hydrogen-bond acceptors (Lipinski definition) is 3. The fraction of sp³-hybridized carbons (Fsp3) is 0.714. The zero-order chi connectivity index (χ0) is 12.1. The van der Waals surface area contributed by atoms with E-state index in [2.05, 4.69) is 29.3 Å². The van der Waals surface area contributed by atoms with Gasteiger partial charge in [0.2, 0.25) is 0 Å². The van der Waals surface area contributed by atoms with Gasteiger partial charge in [-0.1, -0.05) is 13.3 Å². The van der Waals surface area contributed by atoms with Crippen molar-refractivity contribution in [2.24, 2.45) is 5.92 Å². The fourth-order valence-corrected chi connectivity index (χ4v) is 3.70. The van der Waals surface area contributed by atoms with Crippen molar-refractivity contribution in [2.75, 3.05) is 20.1 Å². The van der Waals surface area contributed by atoms with Gasteiger partial charge in [-0.15, -0.1) is 11.3 Å². The second-order valence-corrected chi connectivity index (χ2v) is 6.30.